The molecule has 1 unspecified atom stereocenters. The summed E-state index contributed by atoms with van der Waals surface area (Å²) in [5, 5.41) is 6.42. The van der Waals surface area contributed by atoms with Gasteiger partial charge in [0.25, 0.3) is 0 Å². The van der Waals surface area contributed by atoms with E-state index in [2.05, 4.69) is 29.7 Å². The van der Waals surface area contributed by atoms with Crippen LogP contribution in [-0.2, 0) is 4.79 Å². The smallest absolute Gasteiger partial charge is 0.240 e. The summed E-state index contributed by atoms with van der Waals surface area (Å²) < 4.78 is 0. The predicted octanol–water partition coefficient (Wildman–Crippen LogP) is 2.85. The molecule has 1 amide bonds. The second-order valence-electron chi connectivity index (χ2n) is 4.88. The van der Waals surface area contributed by atoms with Crippen LogP contribution in [0.15, 0.2) is 35.2 Å². The van der Waals surface area contributed by atoms with E-state index in [9.17, 15) is 4.79 Å². The fourth-order valence-corrected chi connectivity index (χ4v) is 3.27. The number of halogens is 1. The number of hydrogen-bond acceptors (Lipinski definition) is 3. The highest BCUT2D eigenvalue weighted by Gasteiger charge is 2.38. The highest BCUT2D eigenvalue weighted by Crippen LogP contribution is 2.23. The Kier molecular flexibility index (Phi) is 7.41. The third-order valence-corrected chi connectivity index (χ3v) is 4.70. The molecule has 1 atom stereocenters. The van der Waals surface area contributed by atoms with Crippen molar-refractivity contribution in [1.82, 2.24) is 10.6 Å². The van der Waals surface area contributed by atoms with Gasteiger partial charge in [-0.1, -0.05) is 25.1 Å². The Morgan fingerprint density at radius 1 is 1.40 bits per heavy atom. The molecule has 2 N–H and O–H groups in total. The topological polar surface area (TPSA) is 41.1 Å². The van der Waals surface area contributed by atoms with Crippen molar-refractivity contribution in [3.8, 4) is 0 Å². The summed E-state index contributed by atoms with van der Waals surface area (Å²) in [6, 6.07) is 10.3. The minimum atomic E-state index is -0.308. The van der Waals surface area contributed by atoms with E-state index in [0.29, 0.717) is 0 Å². The van der Waals surface area contributed by atoms with E-state index in [4.69, 9.17) is 0 Å². The zero-order valence-corrected chi connectivity index (χ0v) is 13.5. The van der Waals surface area contributed by atoms with Crippen molar-refractivity contribution in [2.75, 3.05) is 18.8 Å². The zero-order valence-electron chi connectivity index (χ0n) is 11.9. The lowest BCUT2D eigenvalue weighted by Crippen LogP contribution is -2.53. The Bertz CT molecular complexity index is 408. The molecule has 1 heterocycles. The van der Waals surface area contributed by atoms with Crippen molar-refractivity contribution < 1.29 is 4.79 Å². The number of thioether (sulfide) groups is 1. The maximum atomic E-state index is 12.2. The Morgan fingerprint density at radius 2 is 2.15 bits per heavy atom. The van der Waals surface area contributed by atoms with Crippen molar-refractivity contribution in [1.29, 1.82) is 0 Å². The summed E-state index contributed by atoms with van der Waals surface area (Å²) >= 11 is 1.78. The second kappa shape index (κ2) is 8.55. The molecule has 1 aromatic rings. The standard InChI is InChI=1S/C15H22N2OS.ClH/c1-2-15(9-6-10-17-15)14(18)16-11-12-19-13-7-4-3-5-8-13;/h3-5,7-8,17H,2,6,9-12H2,1H3,(H,16,18);1H. The normalized spacial score (nSPS) is 21.2. The van der Waals surface area contributed by atoms with Crippen LogP contribution in [0.1, 0.15) is 26.2 Å². The van der Waals surface area contributed by atoms with Gasteiger partial charge in [0.15, 0.2) is 0 Å². The van der Waals surface area contributed by atoms with Crippen LogP contribution < -0.4 is 10.6 Å². The second-order valence-corrected chi connectivity index (χ2v) is 6.05. The molecule has 20 heavy (non-hydrogen) atoms. The Balaban J connectivity index is 0.00000200. The molecule has 0 aliphatic carbocycles. The van der Waals surface area contributed by atoms with Crippen LogP contribution in [0.2, 0.25) is 0 Å². The summed E-state index contributed by atoms with van der Waals surface area (Å²) in [6.45, 7) is 3.76. The molecule has 1 saturated heterocycles. The molecular formula is C15H23ClN2OS. The van der Waals surface area contributed by atoms with Crippen LogP contribution in [0, 0.1) is 0 Å². The molecule has 0 aromatic heterocycles. The Morgan fingerprint density at radius 3 is 2.75 bits per heavy atom. The molecule has 0 saturated carbocycles. The first kappa shape index (κ1) is 17.3. The first-order chi connectivity index (χ1) is 9.27. The van der Waals surface area contributed by atoms with Crippen LogP contribution in [-0.4, -0.2) is 30.3 Å². The first-order valence-electron chi connectivity index (χ1n) is 6.98. The van der Waals surface area contributed by atoms with E-state index in [0.717, 1.165) is 38.1 Å². The van der Waals surface area contributed by atoms with Crippen molar-refractivity contribution >= 4 is 30.1 Å². The lowest BCUT2D eigenvalue weighted by atomic mass is 9.93. The lowest BCUT2D eigenvalue weighted by Gasteiger charge is -2.26. The summed E-state index contributed by atoms with van der Waals surface area (Å²) in [5.74, 6) is 1.08. The van der Waals surface area contributed by atoms with Gasteiger partial charge in [-0.15, -0.1) is 24.2 Å². The van der Waals surface area contributed by atoms with Crippen molar-refractivity contribution in [2.24, 2.45) is 0 Å². The molecule has 0 radical (unpaired) electrons. The highest BCUT2D eigenvalue weighted by molar-refractivity contribution is 7.99. The summed E-state index contributed by atoms with van der Waals surface area (Å²) in [5.41, 5.74) is -0.308. The summed E-state index contributed by atoms with van der Waals surface area (Å²) in [4.78, 5) is 13.5. The van der Waals surface area contributed by atoms with Crippen molar-refractivity contribution in [3.05, 3.63) is 30.3 Å². The molecular weight excluding hydrogens is 292 g/mol. The fraction of sp³-hybridized carbons (Fsp3) is 0.533. The summed E-state index contributed by atoms with van der Waals surface area (Å²) in [6.07, 6.45) is 2.92. The van der Waals surface area contributed by atoms with E-state index in [1.807, 2.05) is 18.2 Å². The quantitative estimate of drug-likeness (QED) is 0.626. The molecule has 0 spiro atoms. The van der Waals surface area contributed by atoms with Gasteiger partial charge < -0.3 is 10.6 Å². The van der Waals surface area contributed by atoms with E-state index in [-0.39, 0.29) is 23.9 Å². The lowest BCUT2D eigenvalue weighted by molar-refractivity contribution is -0.127. The number of carbonyl (C=O) groups is 1. The van der Waals surface area contributed by atoms with E-state index >= 15 is 0 Å². The van der Waals surface area contributed by atoms with Gasteiger partial charge in [0, 0.05) is 17.2 Å². The van der Waals surface area contributed by atoms with Gasteiger partial charge in [0.2, 0.25) is 5.91 Å². The maximum Gasteiger partial charge on any atom is 0.240 e. The van der Waals surface area contributed by atoms with Crippen molar-refractivity contribution in [2.45, 2.75) is 36.6 Å². The molecule has 5 heteroatoms. The molecule has 112 valence electrons. The van der Waals surface area contributed by atoms with E-state index in [1.165, 1.54) is 4.90 Å². The van der Waals surface area contributed by atoms with Crippen LogP contribution in [0.3, 0.4) is 0 Å². The van der Waals surface area contributed by atoms with Gasteiger partial charge in [-0.25, -0.2) is 0 Å². The van der Waals surface area contributed by atoms with Gasteiger partial charge in [-0.05, 0) is 37.9 Å². The minimum absolute atomic E-state index is 0. The van der Waals surface area contributed by atoms with Crippen LogP contribution >= 0.6 is 24.2 Å². The summed E-state index contributed by atoms with van der Waals surface area (Å²) in [7, 11) is 0. The molecule has 1 aromatic carbocycles. The number of nitrogens with one attached hydrogen (secondary N) is 2. The average molecular weight is 315 g/mol. The van der Waals surface area contributed by atoms with Gasteiger partial charge in [-0.3, -0.25) is 4.79 Å². The molecule has 1 aliphatic heterocycles. The fourth-order valence-electron chi connectivity index (χ4n) is 2.48. The van der Waals surface area contributed by atoms with Gasteiger partial charge >= 0.3 is 0 Å². The van der Waals surface area contributed by atoms with Crippen LogP contribution in [0.4, 0.5) is 0 Å². The van der Waals surface area contributed by atoms with Crippen molar-refractivity contribution in [3.63, 3.8) is 0 Å². The largest absolute Gasteiger partial charge is 0.354 e. The van der Waals surface area contributed by atoms with Crippen LogP contribution in [0.5, 0.6) is 0 Å². The SMILES string of the molecule is CCC1(C(=O)NCCSc2ccccc2)CCCN1.Cl. The number of carbonyl (C=O) groups excluding carboxylic acids is 1. The molecule has 1 aliphatic rings. The monoisotopic (exact) mass is 314 g/mol. The average Bonchev–Trinajstić information content (AvgIpc) is 2.94. The van der Waals surface area contributed by atoms with Gasteiger partial charge in [-0.2, -0.15) is 0 Å². The first-order valence-corrected chi connectivity index (χ1v) is 7.96. The number of amides is 1. The third-order valence-electron chi connectivity index (χ3n) is 3.68. The highest BCUT2D eigenvalue weighted by atomic mass is 35.5. The molecule has 0 bridgehead atoms. The maximum absolute atomic E-state index is 12.2. The Hall–Kier alpha value is -0.710. The molecule has 1 fully saturated rings. The van der Waals surface area contributed by atoms with Crippen LogP contribution in [0.25, 0.3) is 0 Å². The van der Waals surface area contributed by atoms with Gasteiger partial charge in [0.1, 0.15) is 0 Å². The Labute approximate surface area is 131 Å². The number of benzene rings is 1. The van der Waals surface area contributed by atoms with E-state index in [1.54, 1.807) is 11.8 Å². The number of rotatable bonds is 6. The van der Waals surface area contributed by atoms with Gasteiger partial charge in [0.05, 0.1) is 5.54 Å². The zero-order chi connectivity index (χ0) is 13.6. The molecule has 3 nitrogen and oxygen atoms in total. The van der Waals surface area contributed by atoms with E-state index < -0.39 is 0 Å². The third kappa shape index (κ3) is 4.40. The predicted molar refractivity (Wildman–Crippen MR) is 87.7 cm³/mol. The minimum Gasteiger partial charge on any atom is -0.354 e. The molecule has 2 rings (SSSR count). The number of hydrogen-bond donors (Lipinski definition) is 2.